The van der Waals surface area contributed by atoms with Crippen LogP contribution in [0.1, 0.15) is 0 Å². The van der Waals surface area contributed by atoms with Gasteiger partial charge in [0.2, 0.25) is 0 Å². The standard InChI is InChI=1S/C4H9NOS2.C3H7NS2.2Na/c1-6-3-2-5-4(7)8;1-4(2)3(5)6;;/h2-3H2,1H3,(H2,5,7,8);1-2H3,(H,5,6);;/q;;2*+1/p-2. The van der Waals surface area contributed by atoms with Crippen LogP contribution in [0.2, 0.25) is 0 Å². The first-order chi connectivity index (χ1) is 6.41. The van der Waals surface area contributed by atoms with Crippen molar-refractivity contribution in [3.05, 3.63) is 0 Å². The maximum atomic E-state index is 4.72. The number of methoxy groups -OCH3 is 1. The first kappa shape index (κ1) is 26.7. The van der Waals surface area contributed by atoms with Crippen LogP contribution in [-0.2, 0) is 30.0 Å². The summed E-state index contributed by atoms with van der Waals surface area (Å²) in [4.78, 5) is 1.71. The van der Waals surface area contributed by atoms with Crippen LogP contribution in [0.25, 0.3) is 0 Å². The van der Waals surface area contributed by atoms with Crippen LogP contribution in [-0.4, -0.2) is 47.9 Å². The minimum atomic E-state index is 0. The van der Waals surface area contributed by atoms with E-state index in [2.05, 4.69) is 55.0 Å². The topological polar surface area (TPSA) is 24.5 Å². The molecule has 0 amide bonds. The van der Waals surface area contributed by atoms with E-state index in [1.165, 1.54) is 0 Å². The van der Waals surface area contributed by atoms with Crippen LogP contribution in [0.15, 0.2) is 0 Å². The van der Waals surface area contributed by atoms with Gasteiger partial charge in [0, 0.05) is 27.7 Å². The quantitative estimate of drug-likeness (QED) is 0.240. The molecule has 0 aromatic rings. The molecular weight excluding hydrogens is 302 g/mol. The minimum absolute atomic E-state index is 0. The van der Waals surface area contributed by atoms with Crippen LogP contribution in [0.5, 0.6) is 0 Å². The fourth-order valence-corrected chi connectivity index (χ4v) is 0.459. The fourth-order valence-electron chi connectivity index (χ4n) is 0.255. The van der Waals surface area contributed by atoms with Gasteiger partial charge in [-0.2, -0.15) is 0 Å². The average Bonchev–Trinajstić information content (AvgIpc) is 2.05. The molecular formula is C7H14N2Na2OS4. The van der Waals surface area contributed by atoms with E-state index in [1.54, 1.807) is 12.0 Å². The molecule has 0 aliphatic rings. The molecule has 0 aromatic carbocycles. The smallest absolute Gasteiger partial charge is 0.412 e. The maximum Gasteiger partial charge on any atom is 1.00 e. The van der Waals surface area contributed by atoms with Gasteiger partial charge in [-0.1, -0.05) is 8.64 Å². The number of thiocarbonyl (C=S) groups is 2. The summed E-state index contributed by atoms with van der Waals surface area (Å²) in [6, 6.07) is 0. The van der Waals surface area contributed by atoms with Crippen LogP contribution >= 0.6 is 24.4 Å². The van der Waals surface area contributed by atoms with Gasteiger partial charge >= 0.3 is 59.1 Å². The molecule has 3 nitrogen and oxygen atoms in total. The molecule has 0 atom stereocenters. The van der Waals surface area contributed by atoms with Crippen molar-refractivity contribution in [3.8, 4) is 0 Å². The van der Waals surface area contributed by atoms with Crippen LogP contribution in [0.4, 0.5) is 0 Å². The molecule has 0 aromatic heterocycles. The number of hydrogen-bond donors (Lipinski definition) is 1. The van der Waals surface area contributed by atoms with Gasteiger partial charge in [-0.05, 0) is 0 Å². The summed E-state index contributed by atoms with van der Waals surface area (Å²) in [5, 5.41) is 2.77. The molecule has 0 saturated heterocycles. The zero-order chi connectivity index (χ0) is 11.6. The molecule has 0 fully saturated rings. The van der Waals surface area contributed by atoms with Gasteiger partial charge in [0.1, 0.15) is 0 Å². The Morgan fingerprint density at radius 1 is 1.25 bits per heavy atom. The van der Waals surface area contributed by atoms with E-state index < -0.39 is 0 Å². The molecule has 0 saturated carbocycles. The predicted molar refractivity (Wildman–Crippen MR) is 73.5 cm³/mol. The molecule has 0 spiro atoms. The summed E-state index contributed by atoms with van der Waals surface area (Å²) in [5.74, 6) is 0. The Bertz CT molecular complexity index is 184. The van der Waals surface area contributed by atoms with Crippen molar-refractivity contribution in [3.63, 3.8) is 0 Å². The third kappa shape index (κ3) is 29.8. The van der Waals surface area contributed by atoms with E-state index in [4.69, 9.17) is 4.74 Å². The Morgan fingerprint density at radius 3 is 1.81 bits per heavy atom. The molecule has 0 radical (unpaired) electrons. The zero-order valence-electron chi connectivity index (χ0n) is 10.4. The molecule has 0 aliphatic carbocycles. The summed E-state index contributed by atoms with van der Waals surface area (Å²) in [7, 11) is 5.29. The number of nitrogens with one attached hydrogen (secondary N) is 1. The van der Waals surface area contributed by atoms with Crippen molar-refractivity contribution in [1.29, 1.82) is 0 Å². The molecule has 16 heavy (non-hydrogen) atoms. The van der Waals surface area contributed by atoms with Crippen molar-refractivity contribution < 1.29 is 63.9 Å². The first-order valence-corrected chi connectivity index (χ1v) is 5.37. The van der Waals surface area contributed by atoms with Crippen LogP contribution < -0.4 is 64.4 Å². The summed E-state index contributed by atoms with van der Waals surface area (Å²) >= 11 is 18.2. The number of ether oxygens (including phenoxy) is 1. The van der Waals surface area contributed by atoms with E-state index in [0.717, 1.165) is 0 Å². The van der Waals surface area contributed by atoms with Crippen LogP contribution in [0.3, 0.4) is 0 Å². The van der Waals surface area contributed by atoms with Gasteiger partial charge < -0.3 is 64.6 Å². The second-order valence-corrected chi connectivity index (χ2v) is 4.47. The summed E-state index contributed by atoms with van der Waals surface area (Å²) in [6.45, 7) is 1.36. The van der Waals surface area contributed by atoms with Crippen molar-refractivity contribution in [2.75, 3.05) is 34.4 Å². The summed E-state index contributed by atoms with van der Waals surface area (Å²) in [5.41, 5.74) is 0. The molecule has 0 bridgehead atoms. The maximum absolute atomic E-state index is 4.72. The van der Waals surface area contributed by atoms with Crippen LogP contribution in [0, 0.1) is 0 Å². The van der Waals surface area contributed by atoms with E-state index in [1.807, 2.05) is 14.1 Å². The second-order valence-electron chi connectivity index (χ2n) is 2.37. The number of hydrogen-bond acceptors (Lipinski definition) is 5. The summed E-state index contributed by atoms with van der Waals surface area (Å²) in [6.07, 6.45) is 0. The molecule has 0 aliphatic heterocycles. The molecule has 84 valence electrons. The molecule has 0 rings (SSSR count). The predicted octanol–water partition coefficient (Wildman–Crippen LogP) is -5.56. The monoisotopic (exact) mass is 316 g/mol. The number of rotatable bonds is 3. The number of nitrogens with zero attached hydrogens (tertiary/aromatic N) is 1. The van der Waals surface area contributed by atoms with Crippen molar-refractivity contribution >= 4 is 58.3 Å². The average molecular weight is 316 g/mol. The SMILES string of the molecule is CN(C)C(=S)[S-].COCCNC(=S)[S-].[Na+].[Na+]. The van der Waals surface area contributed by atoms with E-state index in [9.17, 15) is 0 Å². The normalized spacial score (nSPS) is 7.19. The van der Waals surface area contributed by atoms with Gasteiger partial charge in [-0.25, -0.2) is 0 Å². The van der Waals surface area contributed by atoms with Gasteiger partial charge in [-0.15, -0.1) is 0 Å². The Labute approximate surface area is 164 Å². The molecule has 1 N–H and O–H groups in total. The largest absolute Gasteiger partial charge is 1.00 e. The minimum Gasteiger partial charge on any atom is -0.412 e. The Balaban J connectivity index is -0.0000000825. The Morgan fingerprint density at radius 2 is 1.62 bits per heavy atom. The van der Waals surface area contributed by atoms with Gasteiger partial charge in [0.05, 0.1) is 6.61 Å². The van der Waals surface area contributed by atoms with Crippen molar-refractivity contribution in [2.45, 2.75) is 0 Å². The third-order valence-corrected chi connectivity index (χ3v) is 1.96. The van der Waals surface area contributed by atoms with E-state index >= 15 is 0 Å². The third-order valence-electron chi connectivity index (χ3n) is 0.941. The van der Waals surface area contributed by atoms with Gasteiger partial charge in [0.25, 0.3) is 0 Å². The zero-order valence-corrected chi connectivity index (χ0v) is 17.7. The second kappa shape index (κ2) is 19.5. The Hall–Kier alpha value is 2.18. The van der Waals surface area contributed by atoms with Crippen molar-refractivity contribution in [1.82, 2.24) is 10.2 Å². The molecule has 0 heterocycles. The van der Waals surface area contributed by atoms with Gasteiger partial charge in [-0.3, -0.25) is 0 Å². The van der Waals surface area contributed by atoms with Crippen molar-refractivity contribution in [2.24, 2.45) is 0 Å². The Kier molecular flexibility index (Phi) is 32.6. The van der Waals surface area contributed by atoms with Gasteiger partial charge in [0.15, 0.2) is 0 Å². The summed E-state index contributed by atoms with van der Waals surface area (Å²) < 4.78 is 5.64. The van der Waals surface area contributed by atoms with E-state index in [0.29, 0.717) is 21.8 Å². The first-order valence-electron chi connectivity index (χ1n) is 3.74. The molecule has 9 heteroatoms. The van der Waals surface area contributed by atoms with E-state index in [-0.39, 0.29) is 59.1 Å². The fraction of sp³-hybridized carbons (Fsp3) is 0.714. The molecule has 0 unspecified atom stereocenters.